The number of hydrogen-bond acceptors (Lipinski definition) is 5. The first-order valence-corrected chi connectivity index (χ1v) is 5.70. The normalized spacial score (nSPS) is 10.4. The van der Waals surface area contributed by atoms with E-state index in [9.17, 15) is 24.9 Å². The molecule has 0 aliphatic heterocycles. The van der Waals surface area contributed by atoms with Gasteiger partial charge >= 0.3 is 0 Å². The molecule has 0 radical (unpaired) electrons. The van der Waals surface area contributed by atoms with Crippen molar-refractivity contribution in [2.75, 3.05) is 0 Å². The van der Waals surface area contributed by atoms with Crippen LogP contribution in [0.2, 0.25) is 0 Å². The van der Waals surface area contributed by atoms with Gasteiger partial charge in [0.2, 0.25) is 0 Å². The summed E-state index contributed by atoms with van der Waals surface area (Å²) in [6.45, 7) is 4.53. The van der Waals surface area contributed by atoms with Gasteiger partial charge in [0.1, 0.15) is 28.4 Å². The zero-order valence-electron chi connectivity index (χ0n) is 10.6. The van der Waals surface area contributed by atoms with Gasteiger partial charge in [-0.2, -0.15) is 0 Å². The molecule has 1 aromatic rings. The van der Waals surface area contributed by atoms with E-state index in [1.54, 1.807) is 13.8 Å². The van der Waals surface area contributed by atoms with Gasteiger partial charge in [0.05, 0.1) is 0 Å². The van der Waals surface area contributed by atoms with Crippen LogP contribution < -0.4 is 0 Å². The van der Waals surface area contributed by atoms with Crippen LogP contribution in [-0.4, -0.2) is 26.9 Å². The average molecular weight is 252 g/mol. The van der Waals surface area contributed by atoms with Crippen molar-refractivity contribution in [3.63, 3.8) is 0 Å². The minimum atomic E-state index is -0.644. The standard InChI is InChI=1S/C13H16O5/c1-4-7(14)9-11(16)6(3)12(17)10(13(9)18)8(15)5-2/h16-18H,4-5H2,1-3H3. The van der Waals surface area contributed by atoms with E-state index in [2.05, 4.69) is 0 Å². The second-order valence-corrected chi connectivity index (χ2v) is 3.97. The third kappa shape index (κ3) is 2.03. The largest absolute Gasteiger partial charge is 0.507 e. The smallest absolute Gasteiger partial charge is 0.170 e. The molecule has 1 rings (SSSR count). The van der Waals surface area contributed by atoms with Crippen molar-refractivity contribution in [2.24, 2.45) is 0 Å². The number of phenols is 3. The van der Waals surface area contributed by atoms with Crippen molar-refractivity contribution >= 4 is 11.6 Å². The average Bonchev–Trinajstić information content (AvgIpc) is 2.35. The molecule has 0 bridgehead atoms. The molecule has 0 unspecified atom stereocenters. The lowest BCUT2D eigenvalue weighted by Crippen LogP contribution is -2.06. The van der Waals surface area contributed by atoms with Crippen molar-refractivity contribution in [1.29, 1.82) is 0 Å². The number of aromatic hydroxyl groups is 3. The van der Waals surface area contributed by atoms with Gasteiger partial charge in [-0.3, -0.25) is 9.59 Å². The molecule has 0 aromatic heterocycles. The summed E-state index contributed by atoms with van der Waals surface area (Å²) in [6, 6.07) is 0. The molecule has 0 saturated carbocycles. The number of hydrogen-bond donors (Lipinski definition) is 3. The van der Waals surface area contributed by atoms with Crippen LogP contribution in [0.15, 0.2) is 0 Å². The molecule has 18 heavy (non-hydrogen) atoms. The van der Waals surface area contributed by atoms with Gasteiger partial charge in [-0.1, -0.05) is 13.8 Å². The lowest BCUT2D eigenvalue weighted by atomic mass is 9.94. The Morgan fingerprint density at radius 1 is 0.833 bits per heavy atom. The van der Waals surface area contributed by atoms with Gasteiger partial charge in [-0.25, -0.2) is 0 Å². The topological polar surface area (TPSA) is 94.8 Å². The molecule has 98 valence electrons. The number of carbonyl (C=O) groups is 2. The fourth-order valence-electron chi connectivity index (χ4n) is 1.72. The van der Waals surface area contributed by atoms with Gasteiger partial charge in [-0.15, -0.1) is 0 Å². The number of rotatable bonds is 4. The maximum absolute atomic E-state index is 11.7. The van der Waals surface area contributed by atoms with Crippen LogP contribution in [-0.2, 0) is 0 Å². The van der Waals surface area contributed by atoms with E-state index in [0.29, 0.717) is 0 Å². The van der Waals surface area contributed by atoms with E-state index in [1.807, 2.05) is 0 Å². The maximum Gasteiger partial charge on any atom is 0.170 e. The summed E-state index contributed by atoms with van der Waals surface area (Å²) in [4.78, 5) is 23.3. The molecule has 0 saturated heterocycles. The molecular weight excluding hydrogens is 236 g/mol. The Balaban J connectivity index is 3.70. The zero-order valence-corrected chi connectivity index (χ0v) is 10.6. The molecule has 0 amide bonds. The van der Waals surface area contributed by atoms with Crippen LogP contribution in [0.5, 0.6) is 17.2 Å². The highest BCUT2D eigenvalue weighted by Crippen LogP contribution is 2.42. The van der Waals surface area contributed by atoms with Crippen LogP contribution in [0.25, 0.3) is 0 Å². The lowest BCUT2D eigenvalue weighted by molar-refractivity contribution is 0.0980. The Morgan fingerprint density at radius 2 is 1.17 bits per heavy atom. The first-order chi connectivity index (χ1) is 8.36. The van der Waals surface area contributed by atoms with Crippen LogP contribution in [0.4, 0.5) is 0 Å². The van der Waals surface area contributed by atoms with E-state index in [0.717, 1.165) is 0 Å². The van der Waals surface area contributed by atoms with Crippen molar-refractivity contribution in [3.8, 4) is 17.2 Å². The first-order valence-electron chi connectivity index (χ1n) is 5.70. The predicted molar refractivity (Wildman–Crippen MR) is 65.4 cm³/mol. The molecule has 1 aromatic carbocycles. The molecule has 5 heteroatoms. The van der Waals surface area contributed by atoms with E-state index < -0.39 is 28.8 Å². The second-order valence-electron chi connectivity index (χ2n) is 3.97. The number of phenolic OH excluding ortho intramolecular Hbond substituents is 3. The minimum absolute atomic E-state index is 0.0152. The van der Waals surface area contributed by atoms with Crippen LogP contribution >= 0.6 is 0 Å². The Labute approximate surface area is 105 Å². The van der Waals surface area contributed by atoms with E-state index in [-0.39, 0.29) is 29.5 Å². The quantitative estimate of drug-likeness (QED) is 0.715. The summed E-state index contributed by atoms with van der Waals surface area (Å²) in [5, 5.41) is 29.5. The molecule has 0 spiro atoms. The van der Waals surface area contributed by atoms with E-state index in [4.69, 9.17) is 0 Å². The monoisotopic (exact) mass is 252 g/mol. The summed E-state index contributed by atoms with van der Waals surface area (Å²) in [7, 11) is 0. The highest BCUT2D eigenvalue weighted by atomic mass is 16.3. The van der Waals surface area contributed by atoms with Crippen LogP contribution in [0, 0.1) is 6.92 Å². The Hall–Kier alpha value is -2.04. The van der Waals surface area contributed by atoms with Gasteiger partial charge in [0.25, 0.3) is 0 Å². The molecule has 5 nitrogen and oxygen atoms in total. The van der Waals surface area contributed by atoms with Gasteiger partial charge in [0.15, 0.2) is 11.6 Å². The molecule has 0 atom stereocenters. The molecule has 3 N–H and O–H groups in total. The Morgan fingerprint density at radius 3 is 1.44 bits per heavy atom. The Bertz CT molecular complexity index is 474. The number of benzene rings is 1. The number of carbonyl (C=O) groups excluding carboxylic acids is 2. The summed E-state index contributed by atoms with van der Waals surface area (Å²) >= 11 is 0. The highest BCUT2D eigenvalue weighted by molar-refractivity contribution is 6.09. The third-order valence-electron chi connectivity index (χ3n) is 2.86. The van der Waals surface area contributed by atoms with Crippen molar-refractivity contribution < 1.29 is 24.9 Å². The molecular formula is C13H16O5. The maximum atomic E-state index is 11.7. The minimum Gasteiger partial charge on any atom is -0.507 e. The summed E-state index contributed by atoms with van der Waals surface area (Å²) in [5.41, 5.74) is -0.587. The number of Topliss-reactive ketones (excluding diaryl/α,β-unsaturated/α-hetero) is 2. The van der Waals surface area contributed by atoms with Gasteiger partial charge in [-0.05, 0) is 6.92 Å². The highest BCUT2D eigenvalue weighted by Gasteiger charge is 2.27. The van der Waals surface area contributed by atoms with Gasteiger partial charge in [0, 0.05) is 18.4 Å². The van der Waals surface area contributed by atoms with Crippen molar-refractivity contribution in [3.05, 3.63) is 16.7 Å². The van der Waals surface area contributed by atoms with Crippen LogP contribution in [0.1, 0.15) is 53.0 Å². The third-order valence-corrected chi connectivity index (χ3v) is 2.86. The predicted octanol–water partition coefficient (Wildman–Crippen LogP) is 2.30. The fourth-order valence-corrected chi connectivity index (χ4v) is 1.72. The summed E-state index contributed by atoms with van der Waals surface area (Å²) in [6.07, 6.45) is 0.149. The number of ketones is 2. The van der Waals surface area contributed by atoms with Crippen molar-refractivity contribution in [2.45, 2.75) is 33.6 Å². The molecule has 0 fully saturated rings. The molecule has 0 heterocycles. The summed E-state index contributed by atoms with van der Waals surface area (Å²) in [5.74, 6) is -2.58. The van der Waals surface area contributed by atoms with E-state index in [1.165, 1.54) is 6.92 Å². The summed E-state index contributed by atoms with van der Waals surface area (Å²) < 4.78 is 0. The van der Waals surface area contributed by atoms with Gasteiger partial charge < -0.3 is 15.3 Å². The fraction of sp³-hybridized carbons (Fsp3) is 0.385. The first kappa shape index (κ1) is 14.0. The van der Waals surface area contributed by atoms with Crippen LogP contribution in [0.3, 0.4) is 0 Å². The molecule has 0 aliphatic rings. The SMILES string of the molecule is CCC(=O)c1c(O)c(C)c(O)c(C(=O)CC)c1O. The Kier molecular flexibility index (Phi) is 3.96. The lowest BCUT2D eigenvalue weighted by Gasteiger charge is -2.14. The van der Waals surface area contributed by atoms with E-state index >= 15 is 0 Å². The second kappa shape index (κ2) is 5.08. The van der Waals surface area contributed by atoms with Crippen molar-refractivity contribution in [1.82, 2.24) is 0 Å². The molecule has 0 aliphatic carbocycles. The zero-order chi connectivity index (χ0) is 14.0.